The van der Waals surface area contributed by atoms with Crippen LogP contribution < -0.4 is 5.32 Å². The van der Waals surface area contributed by atoms with Crippen LogP contribution in [0, 0.1) is 5.92 Å². The van der Waals surface area contributed by atoms with Crippen LogP contribution in [0.2, 0.25) is 0 Å². The minimum Gasteiger partial charge on any atom is -0.354 e. The highest BCUT2D eigenvalue weighted by atomic mass is 32.2. The predicted molar refractivity (Wildman–Crippen MR) is 105 cm³/mol. The van der Waals surface area contributed by atoms with Crippen molar-refractivity contribution in [3.63, 3.8) is 0 Å². The lowest BCUT2D eigenvalue weighted by atomic mass is 10.2. The van der Waals surface area contributed by atoms with Crippen LogP contribution in [0.5, 0.6) is 0 Å². The highest BCUT2D eigenvalue weighted by Gasteiger charge is 2.13. The Morgan fingerprint density at radius 3 is 2.81 bits per heavy atom. The molecule has 2 heterocycles. The van der Waals surface area contributed by atoms with Crippen molar-refractivity contribution >= 4 is 28.7 Å². The van der Waals surface area contributed by atoms with Gasteiger partial charge in [0.25, 0.3) is 0 Å². The summed E-state index contributed by atoms with van der Waals surface area (Å²) in [5, 5.41) is 20.6. The summed E-state index contributed by atoms with van der Waals surface area (Å²) in [5.41, 5.74) is 1.65. The van der Waals surface area contributed by atoms with Gasteiger partial charge >= 0.3 is 0 Å². The molecule has 1 N–H and O–H groups in total. The molecule has 0 radical (unpaired) electrons. The number of aromatic nitrogens is 6. The number of carbonyl (C=O) groups excluding carboxylic acids is 1. The molecule has 0 aliphatic rings. The molecule has 144 valence electrons. The van der Waals surface area contributed by atoms with Gasteiger partial charge in [0.2, 0.25) is 5.91 Å². The molecule has 27 heavy (non-hydrogen) atoms. The second-order valence-electron chi connectivity index (χ2n) is 6.80. The molecule has 0 fully saturated rings. The third-order valence-corrected chi connectivity index (χ3v) is 4.80. The fraction of sp³-hybridized carbons (Fsp3) is 0.500. The van der Waals surface area contributed by atoms with E-state index >= 15 is 0 Å². The lowest BCUT2D eigenvalue weighted by Crippen LogP contribution is -2.29. The Morgan fingerprint density at radius 2 is 2.04 bits per heavy atom. The fourth-order valence-corrected chi connectivity index (χ4v) is 3.43. The number of fused-ring (bicyclic) bond motifs is 1. The number of amides is 1. The van der Waals surface area contributed by atoms with E-state index in [9.17, 15) is 4.79 Å². The molecule has 0 spiro atoms. The molecule has 0 aliphatic heterocycles. The topological polar surface area (TPSA) is 90.5 Å². The Morgan fingerprint density at radius 1 is 1.22 bits per heavy atom. The van der Waals surface area contributed by atoms with E-state index in [0.29, 0.717) is 12.5 Å². The second kappa shape index (κ2) is 8.98. The molecule has 1 amide bonds. The summed E-state index contributed by atoms with van der Waals surface area (Å²) in [6.45, 7) is 6.03. The first-order valence-corrected chi connectivity index (χ1v) is 10.3. The van der Waals surface area contributed by atoms with E-state index in [0.717, 1.165) is 41.4 Å². The van der Waals surface area contributed by atoms with Crippen LogP contribution in [0.3, 0.4) is 0 Å². The van der Waals surface area contributed by atoms with Crippen molar-refractivity contribution in [1.82, 2.24) is 35.1 Å². The quantitative estimate of drug-likeness (QED) is 0.447. The van der Waals surface area contributed by atoms with Gasteiger partial charge in [-0.1, -0.05) is 43.0 Å². The zero-order valence-corrected chi connectivity index (χ0v) is 16.7. The number of benzene rings is 1. The molecule has 3 rings (SSSR count). The summed E-state index contributed by atoms with van der Waals surface area (Å²) in [6, 6.07) is 7.61. The van der Waals surface area contributed by atoms with Gasteiger partial charge in [-0.2, -0.15) is 0 Å². The average molecular weight is 388 g/mol. The first-order chi connectivity index (χ1) is 13.1. The van der Waals surface area contributed by atoms with Gasteiger partial charge in [0.05, 0.1) is 5.52 Å². The molecule has 9 heteroatoms. The van der Waals surface area contributed by atoms with Crippen molar-refractivity contribution in [2.45, 2.75) is 44.9 Å². The normalized spacial score (nSPS) is 11.4. The summed E-state index contributed by atoms with van der Waals surface area (Å²) in [6.07, 6.45) is 3.61. The van der Waals surface area contributed by atoms with E-state index in [1.807, 2.05) is 30.5 Å². The summed E-state index contributed by atoms with van der Waals surface area (Å²) in [7, 11) is 0. The summed E-state index contributed by atoms with van der Waals surface area (Å²) in [4.78, 5) is 12.2. The van der Waals surface area contributed by atoms with Crippen LogP contribution in [-0.2, 0) is 24.3 Å². The minimum absolute atomic E-state index is 0.0703. The van der Waals surface area contributed by atoms with Crippen molar-refractivity contribution in [3.8, 4) is 0 Å². The number of aryl methyl sites for hydroxylation is 1. The first kappa shape index (κ1) is 19.3. The highest BCUT2D eigenvalue weighted by molar-refractivity contribution is 7.98. The maximum atomic E-state index is 12.2. The molecule has 3 aromatic rings. The number of rotatable bonds is 9. The van der Waals surface area contributed by atoms with Gasteiger partial charge in [0, 0.05) is 19.5 Å². The van der Waals surface area contributed by atoms with Gasteiger partial charge in [-0.25, -0.2) is 4.68 Å². The number of para-hydroxylation sites is 1. The van der Waals surface area contributed by atoms with Crippen molar-refractivity contribution in [2.75, 3.05) is 12.8 Å². The van der Waals surface area contributed by atoms with Crippen LogP contribution in [0.4, 0.5) is 0 Å². The molecule has 0 unspecified atom stereocenters. The summed E-state index contributed by atoms with van der Waals surface area (Å²) >= 11 is 1.61. The average Bonchev–Trinajstić information content (AvgIpc) is 3.23. The van der Waals surface area contributed by atoms with Crippen molar-refractivity contribution in [3.05, 3.63) is 30.1 Å². The number of nitrogens with zero attached hydrogens (tertiary/aromatic N) is 6. The van der Waals surface area contributed by atoms with Gasteiger partial charge in [-0.05, 0) is 30.7 Å². The van der Waals surface area contributed by atoms with Crippen LogP contribution in [0.25, 0.3) is 11.0 Å². The Balaban J connectivity index is 1.49. The van der Waals surface area contributed by atoms with Crippen LogP contribution in [-0.4, -0.2) is 48.5 Å². The molecule has 0 bridgehead atoms. The second-order valence-corrected chi connectivity index (χ2v) is 7.57. The zero-order valence-electron chi connectivity index (χ0n) is 15.9. The molecule has 2 aromatic heterocycles. The first-order valence-electron chi connectivity index (χ1n) is 9.09. The van der Waals surface area contributed by atoms with E-state index in [4.69, 9.17) is 0 Å². The number of thioether (sulfide) groups is 1. The maximum absolute atomic E-state index is 12.2. The molecule has 0 aliphatic carbocycles. The van der Waals surface area contributed by atoms with Gasteiger partial charge in [0.15, 0.2) is 5.16 Å². The Bertz CT molecular complexity index is 902. The lowest BCUT2D eigenvalue weighted by molar-refractivity contribution is -0.121. The van der Waals surface area contributed by atoms with Crippen molar-refractivity contribution in [1.29, 1.82) is 0 Å². The van der Waals surface area contributed by atoms with Crippen LogP contribution in [0.1, 0.15) is 26.1 Å². The van der Waals surface area contributed by atoms with E-state index in [1.54, 1.807) is 16.4 Å². The fourth-order valence-electron chi connectivity index (χ4n) is 2.90. The number of hydrogen-bond donors (Lipinski definition) is 1. The largest absolute Gasteiger partial charge is 0.354 e. The van der Waals surface area contributed by atoms with E-state index in [1.165, 1.54) is 0 Å². The molecule has 0 atom stereocenters. The standard InChI is InChI=1S/C18H25N7OS/c1-13(2)11-24-16(21-22-18(24)27-3)9-6-10-19-17(26)12-25-15-8-5-4-7-14(15)20-23-25/h4-5,7-8,13H,6,9-12H2,1-3H3,(H,19,26). The Labute approximate surface area is 162 Å². The van der Waals surface area contributed by atoms with Crippen LogP contribution >= 0.6 is 11.8 Å². The summed E-state index contributed by atoms with van der Waals surface area (Å²) in [5.74, 6) is 1.44. The molecular weight excluding hydrogens is 362 g/mol. The zero-order chi connectivity index (χ0) is 19.2. The van der Waals surface area contributed by atoms with Crippen molar-refractivity contribution in [2.24, 2.45) is 5.92 Å². The number of carbonyl (C=O) groups is 1. The van der Waals surface area contributed by atoms with E-state index < -0.39 is 0 Å². The smallest absolute Gasteiger partial charge is 0.241 e. The van der Waals surface area contributed by atoms with Gasteiger partial charge < -0.3 is 9.88 Å². The molecule has 8 nitrogen and oxygen atoms in total. The van der Waals surface area contributed by atoms with Gasteiger partial charge in [-0.15, -0.1) is 15.3 Å². The van der Waals surface area contributed by atoms with Gasteiger partial charge in [0.1, 0.15) is 17.9 Å². The molecule has 1 aromatic carbocycles. The third-order valence-electron chi connectivity index (χ3n) is 4.14. The van der Waals surface area contributed by atoms with E-state index in [-0.39, 0.29) is 12.5 Å². The number of hydrogen-bond acceptors (Lipinski definition) is 6. The molecule has 0 saturated heterocycles. The molecular formula is C18H25N7OS. The van der Waals surface area contributed by atoms with Crippen LogP contribution in [0.15, 0.2) is 29.4 Å². The highest BCUT2D eigenvalue weighted by Crippen LogP contribution is 2.16. The van der Waals surface area contributed by atoms with Crippen molar-refractivity contribution < 1.29 is 4.79 Å². The Kier molecular flexibility index (Phi) is 6.44. The maximum Gasteiger partial charge on any atom is 0.241 e. The summed E-state index contributed by atoms with van der Waals surface area (Å²) < 4.78 is 3.80. The third kappa shape index (κ3) is 4.85. The molecule has 0 saturated carbocycles. The minimum atomic E-state index is -0.0703. The Hall–Kier alpha value is -2.42. The SMILES string of the molecule is CSc1nnc(CCCNC(=O)Cn2nnc3ccccc32)n1CC(C)C. The van der Waals surface area contributed by atoms with E-state index in [2.05, 4.69) is 44.2 Å². The number of nitrogens with one attached hydrogen (secondary N) is 1. The lowest BCUT2D eigenvalue weighted by Gasteiger charge is -2.11. The predicted octanol–water partition coefficient (Wildman–Crippen LogP) is 2.15. The van der Waals surface area contributed by atoms with Gasteiger partial charge in [-0.3, -0.25) is 4.79 Å². The monoisotopic (exact) mass is 387 g/mol.